The Labute approximate surface area is 201 Å². The largest absolute Gasteiger partial charge is 0.281 e. The van der Waals surface area contributed by atoms with Crippen LogP contribution in [0.3, 0.4) is 0 Å². The summed E-state index contributed by atoms with van der Waals surface area (Å²) in [4.78, 5) is 44.3. The van der Waals surface area contributed by atoms with E-state index in [0.29, 0.717) is 20.4 Å². The molecule has 10 heteroatoms. The Kier molecular flexibility index (Phi) is 6.22. The number of imide groups is 1. The summed E-state index contributed by atoms with van der Waals surface area (Å²) in [5, 5.41) is 1.79. The lowest BCUT2D eigenvalue weighted by Gasteiger charge is -2.24. The highest BCUT2D eigenvalue weighted by Crippen LogP contribution is 2.26. The van der Waals surface area contributed by atoms with Gasteiger partial charge in [0.25, 0.3) is 17.4 Å². The van der Waals surface area contributed by atoms with Gasteiger partial charge in [-0.3, -0.25) is 14.4 Å². The zero-order chi connectivity index (χ0) is 23.0. The third kappa shape index (κ3) is 4.10. The van der Waals surface area contributed by atoms with Gasteiger partial charge < -0.3 is 0 Å². The highest BCUT2D eigenvalue weighted by atomic mass is 35.5. The zero-order valence-electron chi connectivity index (χ0n) is 15.9. The third-order valence-electron chi connectivity index (χ3n) is 4.54. The molecule has 0 saturated heterocycles. The topological polar surface area (TPSA) is 72.3 Å². The summed E-state index contributed by atoms with van der Waals surface area (Å²) in [6, 6.07) is 14.5. The second kappa shape index (κ2) is 8.92. The Morgan fingerprint density at radius 1 is 0.781 bits per heavy atom. The number of halogens is 4. The van der Waals surface area contributed by atoms with E-state index in [1.165, 1.54) is 48.7 Å². The highest BCUT2D eigenvalue weighted by molar-refractivity contribution is 6.40. The number of hydrogen-bond donors (Lipinski definition) is 0. The molecule has 0 unspecified atom stereocenters. The molecule has 4 rings (SSSR count). The normalized spacial score (nSPS) is 10.9. The Bertz CT molecular complexity index is 1390. The van der Waals surface area contributed by atoms with Crippen LogP contribution in [0.5, 0.6) is 0 Å². The van der Waals surface area contributed by atoms with Crippen LogP contribution in [0.25, 0.3) is 11.0 Å². The van der Waals surface area contributed by atoms with Crippen LogP contribution < -0.4 is 10.6 Å². The van der Waals surface area contributed by atoms with Crippen molar-refractivity contribution in [3.05, 3.63) is 108 Å². The van der Waals surface area contributed by atoms with Gasteiger partial charge in [0, 0.05) is 27.7 Å². The Morgan fingerprint density at radius 2 is 1.34 bits per heavy atom. The summed E-state index contributed by atoms with van der Waals surface area (Å²) in [5.74, 6) is -1.74. The average Bonchev–Trinajstić information content (AvgIpc) is 2.75. The van der Waals surface area contributed by atoms with Crippen LogP contribution in [-0.2, 0) is 0 Å². The number of carbonyl (C=O) groups is 2. The molecular weight excluding hydrogens is 496 g/mol. The van der Waals surface area contributed by atoms with E-state index in [-0.39, 0.29) is 26.8 Å². The predicted octanol–water partition coefficient (Wildman–Crippen LogP) is 5.63. The fraction of sp³-hybridized carbons (Fsp3) is 0. The Hall–Kier alpha value is -2.90. The molecule has 0 atom stereocenters. The number of carbonyl (C=O) groups excluding carboxylic acids is 2. The first-order chi connectivity index (χ1) is 15.3. The molecule has 4 aromatic rings. The van der Waals surface area contributed by atoms with Gasteiger partial charge in [-0.1, -0.05) is 46.4 Å². The van der Waals surface area contributed by atoms with Crippen molar-refractivity contribution >= 4 is 69.3 Å². The maximum Gasteiger partial charge on any atom is 0.281 e. The maximum atomic E-state index is 13.6. The lowest BCUT2D eigenvalue weighted by molar-refractivity contribution is 0.0856. The maximum absolute atomic E-state index is 13.6. The lowest BCUT2D eigenvalue weighted by Crippen LogP contribution is -2.50. The van der Waals surface area contributed by atoms with Crippen LogP contribution in [0.4, 0.5) is 0 Å². The first-order valence-electron chi connectivity index (χ1n) is 9.04. The van der Waals surface area contributed by atoms with E-state index in [1.807, 2.05) is 0 Å². The minimum Gasteiger partial charge on any atom is -0.267 e. The number of rotatable bonds is 3. The number of nitrogens with zero attached hydrogens (tertiary/aromatic N) is 3. The van der Waals surface area contributed by atoms with E-state index in [9.17, 15) is 14.4 Å². The molecule has 0 fully saturated rings. The fourth-order valence-electron chi connectivity index (χ4n) is 3.07. The zero-order valence-corrected chi connectivity index (χ0v) is 19.0. The molecule has 0 spiro atoms. The third-order valence-corrected chi connectivity index (χ3v) is 5.64. The molecule has 0 radical (unpaired) electrons. The number of amides is 2. The molecule has 0 aliphatic heterocycles. The van der Waals surface area contributed by atoms with Crippen molar-refractivity contribution < 1.29 is 9.59 Å². The smallest absolute Gasteiger partial charge is 0.267 e. The average molecular weight is 507 g/mol. The molecule has 6 nitrogen and oxygen atoms in total. The van der Waals surface area contributed by atoms with Crippen LogP contribution in [0.15, 0.2) is 71.7 Å². The molecule has 0 N–H and O–H groups in total. The minimum atomic E-state index is -0.872. The Morgan fingerprint density at radius 3 is 1.88 bits per heavy atom. The van der Waals surface area contributed by atoms with E-state index in [4.69, 9.17) is 46.4 Å². The molecule has 160 valence electrons. The molecule has 0 bridgehead atoms. The van der Waals surface area contributed by atoms with Crippen molar-refractivity contribution in [1.29, 1.82) is 0 Å². The van der Waals surface area contributed by atoms with Crippen molar-refractivity contribution in [2.45, 2.75) is 0 Å². The number of fused-ring (bicyclic) bond motifs is 1. The molecule has 2 aromatic heterocycles. The van der Waals surface area contributed by atoms with Crippen molar-refractivity contribution in [1.82, 2.24) is 9.66 Å². The van der Waals surface area contributed by atoms with E-state index in [2.05, 4.69) is 4.98 Å². The molecular formula is C22H11Cl4N3O3. The lowest BCUT2D eigenvalue weighted by atomic mass is 10.1. The van der Waals surface area contributed by atoms with Crippen molar-refractivity contribution in [3.8, 4) is 0 Å². The van der Waals surface area contributed by atoms with Gasteiger partial charge in [-0.05, 0) is 54.6 Å². The Balaban J connectivity index is 2.00. The van der Waals surface area contributed by atoms with Crippen LogP contribution >= 0.6 is 46.4 Å². The standard InChI is InChI=1S/C22H11Cl4N3O3/c23-13-4-6-15(17(25)10-13)21(31)29(22(32)16-7-5-14(24)11-18(16)26)28-19(30)8-3-12-2-1-9-27-20(12)28/h1-11H. The number of pyridine rings is 2. The summed E-state index contributed by atoms with van der Waals surface area (Å²) in [6.07, 6.45) is 1.44. The quantitative estimate of drug-likeness (QED) is 0.337. The fourth-order valence-corrected chi connectivity index (χ4v) is 4.05. The van der Waals surface area contributed by atoms with E-state index >= 15 is 0 Å². The number of hydrogen-bond acceptors (Lipinski definition) is 4. The van der Waals surface area contributed by atoms with Gasteiger partial charge in [-0.2, -0.15) is 9.69 Å². The minimum absolute atomic E-state index is 0.00347. The van der Waals surface area contributed by atoms with Gasteiger partial charge in [0.1, 0.15) is 0 Å². The number of benzene rings is 2. The molecule has 2 aromatic carbocycles. The molecule has 0 aliphatic carbocycles. The summed E-state index contributed by atoms with van der Waals surface area (Å²) in [7, 11) is 0. The van der Waals surface area contributed by atoms with Crippen LogP contribution in [0.1, 0.15) is 20.7 Å². The van der Waals surface area contributed by atoms with Gasteiger partial charge in [-0.25, -0.2) is 4.98 Å². The second-order valence-electron chi connectivity index (χ2n) is 6.57. The van der Waals surface area contributed by atoms with E-state index in [1.54, 1.807) is 18.2 Å². The summed E-state index contributed by atoms with van der Waals surface area (Å²) >= 11 is 24.3. The summed E-state index contributed by atoms with van der Waals surface area (Å²) in [6.45, 7) is 0. The van der Waals surface area contributed by atoms with Crippen molar-refractivity contribution in [2.24, 2.45) is 0 Å². The van der Waals surface area contributed by atoms with E-state index < -0.39 is 17.4 Å². The van der Waals surface area contributed by atoms with Crippen molar-refractivity contribution in [3.63, 3.8) is 0 Å². The number of aromatic nitrogens is 2. The summed E-state index contributed by atoms with van der Waals surface area (Å²) in [5.41, 5.74) is -0.659. The van der Waals surface area contributed by atoms with Crippen LogP contribution in [0.2, 0.25) is 20.1 Å². The molecule has 2 heterocycles. The molecule has 32 heavy (non-hydrogen) atoms. The molecule has 0 saturated carbocycles. The van der Waals surface area contributed by atoms with Crippen LogP contribution in [-0.4, -0.2) is 21.5 Å². The van der Waals surface area contributed by atoms with Gasteiger partial charge in [0.15, 0.2) is 5.65 Å². The van der Waals surface area contributed by atoms with Crippen LogP contribution in [0, 0.1) is 0 Å². The molecule has 0 aliphatic rings. The van der Waals surface area contributed by atoms with Crippen molar-refractivity contribution in [2.75, 3.05) is 5.01 Å². The monoisotopic (exact) mass is 505 g/mol. The van der Waals surface area contributed by atoms with Gasteiger partial charge >= 0.3 is 0 Å². The second-order valence-corrected chi connectivity index (χ2v) is 8.26. The molecule has 2 amide bonds. The summed E-state index contributed by atoms with van der Waals surface area (Å²) < 4.78 is 0.885. The van der Waals surface area contributed by atoms with Gasteiger partial charge in [0.05, 0.1) is 21.2 Å². The first-order valence-corrected chi connectivity index (χ1v) is 10.5. The predicted molar refractivity (Wildman–Crippen MR) is 126 cm³/mol. The first kappa shape index (κ1) is 22.3. The van der Waals surface area contributed by atoms with E-state index in [0.717, 1.165) is 4.68 Å². The van der Waals surface area contributed by atoms with Gasteiger partial charge in [-0.15, -0.1) is 0 Å². The van der Waals surface area contributed by atoms with Gasteiger partial charge in [0.2, 0.25) is 0 Å². The SMILES string of the molecule is O=C(c1ccc(Cl)cc1Cl)N(C(=O)c1ccc(Cl)cc1Cl)n1c(=O)ccc2cccnc21. The highest BCUT2D eigenvalue weighted by Gasteiger charge is 2.31.